The molecule has 0 aliphatic carbocycles. The first-order valence-corrected chi connectivity index (χ1v) is 7.42. The van der Waals surface area contributed by atoms with Gasteiger partial charge in [-0.15, -0.1) is 0 Å². The summed E-state index contributed by atoms with van der Waals surface area (Å²) >= 11 is 0. The fourth-order valence-electron chi connectivity index (χ4n) is 2.13. The van der Waals surface area contributed by atoms with Gasteiger partial charge in [-0.2, -0.15) is 0 Å². The van der Waals surface area contributed by atoms with Crippen LogP contribution in [-0.4, -0.2) is 18.6 Å². The zero-order valence-corrected chi connectivity index (χ0v) is 12.7. The molecule has 0 radical (unpaired) electrons. The monoisotopic (exact) mass is 278 g/mol. The summed E-state index contributed by atoms with van der Waals surface area (Å²) in [5.74, 6) is -0.331. The van der Waals surface area contributed by atoms with E-state index in [2.05, 4.69) is 19.2 Å². The van der Waals surface area contributed by atoms with Crippen LogP contribution in [0.3, 0.4) is 0 Å². The number of ether oxygens (including phenoxy) is 1. The number of rotatable bonds is 8. The summed E-state index contributed by atoms with van der Waals surface area (Å²) in [5.41, 5.74) is 7.77. The number of carbonyl (C=O) groups is 1. The van der Waals surface area contributed by atoms with E-state index in [-0.39, 0.29) is 12.0 Å². The van der Waals surface area contributed by atoms with Crippen LogP contribution in [0.2, 0.25) is 0 Å². The number of carbonyl (C=O) groups excluding carboxylic acids is 1. The summed E-state index contributed by atoms with van der Waals surface area (Å²) in [6.45, 7) is 6.45. The molecular weight excluding hydrogens is 252 g/mol. The minimum atomic E-state index is -0.331. The zero-order chi connectivity index (χ0) is 15.0. The molecule has 0 saturated carbocycles. The van der Waals surface area contributed by atoms with Crippen molar-refractivity contribution in [2.24, 2.45) is 0 Å². The fourth-order valence-corrected chi connectivity index (χ4v) is 2.13. The Bertz CT molecular complexity index is 432. The molecule has 112 valence electrons. The van der Waals surface area contributed by atoms with E-state index in [9.17, 15) is 4.79 Å². The van der Waals surface area contributed by atoms with Crippen molar-refractivity contribution in [3.05, 3.63) is 23.8 Å². The van der Waals surface area contributed by atoms with E-state index in [0.29, 0.717) is 23.5 Å². The number of para-hydroxylation sites is 1. The topological polar surface area (TPSA) is 64.3 Å². The van der Waals surface area contributed by atoms with E-state index >= 15 is 0 Å². The zero-order valence-electron chi connectivity index (χ0n) is 12.7. The highest BCUT2D eigenvalue weighted by Gasteiger charge is 2.16. The number of anilines is 2. The van der Waals surface area contributed by atoms with Gasteiger partial charge in [0.25, 0.3) is 0 Å². The van der Waals surface area contributed by atoms with Crippen LogP contribution in [0, 0.1) is 0 Å². The van der Waals surface area contributed by atoms with Gasteiger partial charge in [-0.05, 0) is 32.4 Å². The van der Waals surface area contributed by atoms with E-state index in [0.717, 1.165) is 6.42 Å². The third kappa shape index (κ3) is 4.76. The van der Waals surface area contributed by atoms with Gasteiger partial charge in [-0.3, -0.25) is 0 Å². The summed E-state index contributed by atoms with van der Waals surface area (Å²) in [6, 6.07) is 5.59. The second-order valence-electron chi connectivity index (χ2n) is 5.03. The summed E-state index contributed by atoms with van der Waals surface area (Å²) < 4.78 is 5.07. The summed E-state index contributed by atoms with van der Waals surface area (Å²) in [6.07, 6.45) is 4.66. The molecule has 4 heteroatoms. The minimum Gasteiger partial charge on any atom is -0.462 e. The highest BCUT2D eigenvalue weighted by atomic mass is 16.5. The molecule has 1 rings (SSSR count). The summed E-state index contributed by atoms with van der Waals surface area (Å²) in [5, 5.41) is 3.35. The average Bonchev–Trinajstić information content (AvgIpc) is 2.41. The van der Waals surface area contributed by atoms with Gasteiger partial charge in [0.1, 0.15) is 0 Å². The Morgan fingerprint density at radius 2 is 2.10 bits per heavy atom. The van der Waals surface area contributed by atoms with Crippen molar-refractivity contribution in [3.63, 3.8) is 0 Å². The molecule has 1 aromatic carbocycles. The quantitative estimate of drug-likeness (QED) is 0.431. The maximum absolute atomic E-state index is 11.9. The number of hydrogen-bond acceptors (Lipinski definition) is 4. The summed E-state index contributed by atoms with van der Waals surface area (Å²) in [7, 11) is 0. The van der Waals surface area contributed by atoms with Gasteiger partial charge in [0.2, 0.25) is 0 Å². The van der Waals surface area contributed by atoms with Crippen molar-refractivity contribution in [2.75, 3.05) is 17.7 Å². The first kappa shape index (κ1) is 16.3. The van der Waals surface area contributed by atoms with Gasteiger partial charge in [-0.1, -0.05) is 32.3 Å². The third-order valence-electron chi connectivity index (χ3n) is 3.22. The van der Waals surface area contributed by atoms with E-state index < -0.39 is 0 Å². The lowest BCUT2D eigenvalue weighted by Gasteiger charge is -2.19. The largest absolute Gasteiger partial charge is 0.462 e. The number of nitrogens with one attached hydrogen (secondary N) is 1. The lowest BCUT2D eigenvalue weighted by atomic mass is 10.1. The molecule has 1 atom stereocenters. The van der Waals surface area contributed by atoms with Crippen molar-refractivity contribution >= 4 is 17.3 Å². The Hall–Kier alpha value is -1.71. The molecule has 0 spiro atoms. The maximum atomic E-state index is 11.9. The van der Waals surface area contributed by atoms with Gasteiger partial charge in [0.05, 0.1) is 23.5 Å². The standard InChI is InChI=1S/C16H26N2O2/c1-4-6-7-9-12(3)18-15-13(16(19)20-5-2)10-8-11-14(15)17/h8,10-12,18H,4-7,9,17H2,1-3H3. The van der Waals surface area contributed by atoms with Gasteiger partial charge in [-0.25, -0.2) is 4.79 Å². The minimum absolute atomic E-state index is 0.277. The second-order valence-corrected chi connectivity index (χ2v) is 5.03. The molecule has 0 saturated heterocycles. The van der Waals surface area contributed by atoms with Gasteiger partial charge in [0.15, 0.2) is 0 Å². The van der Waals surface area contributed by atoms with Gasteiger partial charge >= 0.3 is 5.97 Å². The van der Waals surface area contributed by atoms with Gasteiger partial charge in [0, 0.05) is 6.04 Å². The lowest BCUT2D eigenvalue weighted by Crippen LogP contribution is -2.19. The summed E-state index contributed by atoms with van der Waals surface area (Å²) in [4.78, 5) is 11.9. The maximum Gasteiger partial charge on any atom is 0.340 e. The number of nitrogens with two attached hydrogens (primary N) is 1. The van der Waals surface area contributed by atoms with Crippen LogP contribution in [0.5, 0.6) is 0 Å². The molecule has 1 aromatic rings. The number of unbranched alkanes of at least 4 members (excludes halogenated alkanes) is 2. The highest BCUT2D eigenvalue weighted by molar-refractivity contribution is 5.98. The molecule has 0 aliphatic rings. The Kier molecular flexibility index (Phi) is 6.91. The van der Waals surface area contributed by atoms with Crippen molar-refractivity contribution in [1.82, 2.24) is 0 Å². The van der Waals surface area contributed by atoms with Gasteiger partial charge < -0.3 is 15.8 Å². The number of esters is 1. The van der Waals surface area contributed by atoms with Crippen LogP contribution in [0.15, 0.2) is 18.2 Å². The highest BCUT2D eigenvalue weighted by Crippen LogP contribution is 2.26. The molecule has 0 bridgehead atoms. The van der Waals surface area contributed by atoms with Crippen LogP contribution in [0.1, 0.15) is 56.8 Å². The Morgan fingerprint density at radius 3 is 2.75 bits per heavy atom. The fraction of sp³-hybridized carbons (Fsp3) is 0.562. The number of nitrogen functional groups attached to an aromatic ring is 1. The van der Waals surface area contributed by atoms with Crippen molar-refractivity contribution < 1.29 is 9.53 Å². The first-order valence-electron chi connectivity index (χ1n) is 7.42. The second kappa shape index (κ2) is 8.46. The molecule has 20 heavy (non-hydrogen) atoms. The molecule has 1 unspecified atom stereocenters. The smallest absolute Gasteiger partial charge is 0.340 e. The van der Waals surface area contributed by atoms with E-state index in [1.54, 1.807) is 25.1 Å². The Labute approximate surface area is 121 Å². The molecule has 0 aliphatic heterocycles. The molecule has 4 nitrogen and oxygen atoms in total. The molecule has 0 heterocycles. The number of benzene rings is 1. The van der Waals surface area contributed by atoms with Crippen molar-refractivity contribution in [2.45, 2.75) is 52.5 Å². The van der Waals surface area contributed by atoms with E-state index in [4.69, 9.17) is 10.5 Å². The van der Waals surface area contributed by atoms with Crippen LogP contribution >= 0.6 is 0 Å². The molecule has 0 fully saturated rings. The molecular formula is C16H26N2O2. The predicted octanol–water partition coefficient (Wildman–Crippen LogP) is 3.83. The first-order chi connectivity index (χ1) is 9.60. The van der Waals surface area contributed by atoms with Crippen LogP contribution in [-0.2, 0) is 4.74 Å². The molecule has 3 N–H and O–H groups in total. The third-order valence-corrected chi connectivity index (χ3v) is 3.22. The van der Waals surface area contributed by atoms with Crippen molar-refractivity contribution in [1.29, 1.82) is 0 Å². The molecule has 0 aromatic heterocycles. The predicted molar refractivity (Wildman–Crippen MR) is 84.0 cm³/mol. The van der Waals surface area contributed by atoms with Crippen LogP contribution in [0.25, 0.3) is 0 Å². The van der Waals surface area contributed by atoms with Crippen LogP contribution in [0.4, 0.5) is 11.4 Å². The van der Waals surface area contributed by atoms with Crippen LogP contribution < -0.4 is 11.1 Å². The van der Waals surface area contributed by atoms with E-state index in [1.165, 1.54) is 19.3 Å². The van der Waals surface area contributed by atoms with Crippen molar-refractivity contribution in [3.8, 4) is 0 Å². The SMILES string of the molecule is CCCCCC(C)Nc1c(N)cccc1C(=O)OCC. The van der Waals surface area contributed by atoms with E-state index in [1.807, 2.05) is 0 Å². The Balaban J connectivity index is 2.79. The lowest BCUT2D eigenvalue weighted by molar-refractivity contribution is 0.0527. The number of hydrogen-bond donors (Lipinski definition) is 2. The normalized spacial score (nSPS) is 11.9. The molecule has 0 amide bonds. The average molecular weight is 278 g/mol. The Morgan fingerprint density at radius 1 is 1.35 bits per heavy atom.